The van der Waals surface area contributed by atoms with Crippen LogP contribution >= 0.6 is 11.6 Å². The van der Waals surface area contributed by atoms with Crippen LogP contribution in [-0.4, -0.2) is 49.3 Å². The van der Waals surface area contributed by atoms with E-state index in [1.54, 1.807) is 18.2 Å². The van der Waals surface area contributed by atoms with Gasteiger partial charge in [-0.1, -0.05) is 11.6 Å². The first kappa shape index (κ1) is 15.9. The van der Waals surface area contributed by atoms with Crippen LogP contribution in [0.3, 0.4) is 0 Å². The van der Waals surface area contributed by atoms with Crippen molar-refractivity contribution in [2.24, 2.45) is 0 Å². The van der Waals surface area contributed by atoms with E-state index in [4.69, 9.17) is 11.6 Å². The lowest BCUT2D eigenvalue weighted by Gasteiger charge is -2.23. The fourth-order valence-electron chi connectivity index (χ4n) is 2.96. The molecule has 6 nitrogen and oxygen atoms in total. The van der Waals surface area contributed by atoms with E-state index in [0.717, 1.165) is 6.42 Å². The number of halogens is 2. The Labute approximate surface area is 138 Å². The molecule has 0 unspecified atom stereocenters. The van der Waals surface area contributed by atoms with Crippen LogP contribution in [0.5, 0.6) is 0 Å². The van der Waals surface area contributed by atoms with Crippen LogP contribution in [0.25, 0.3) is 0 Å². The molecule has 2 aliphatic rings. The van der Waals surface area contributed by atoms with Crippen LogP contribution < -0.4 is 15.5 Å². The molecule has 4 amide bonds. The zero-order valence-corrected chi connectivity index (χ0v) is 13.3. The second-order valence-electron chi connectivity index (χ2n) is 5.62. The topological polar surface area (TPSA) is 64.7 Å². The van der Waals surface area contributed by atoms with Crippen molar-refractivity contribution in [2.75, 3.05) is 36.5 Å². The lowest BCUT2D eigenvalue weighted by molar-refractivity contribution is 0.195. The Kier molecular flexibility index (Phi) is 4.56. The predicted molar refractivity (Wildman–Crippen MR) is 86.9 cm³/mol. The first-order valence-corrected chi connectivity index (χ1v) is 7.96. The van der Waals surface area contributed by atoms with E-state index in [1.807, 2.05) is 0 Å². The number of nitrogens with one attached hydrogen (secondary N) is 2. The highest BCUT2D eigenvalue weighted by Crippen LogP contribution is 2.30. The summed E-state index contributed by atoms with van der Waals surface area (Å²) in [6, 6.07) is 4.06. The van der Waals surface area contributed by atoms with Crippen molar-refractivity contribution in [3.05, 3.63) is 23.2 Å². The number of benzene rings is 1. The highest BCUT2D eigenvalue weighted by Gasteiger charge is 2.29. The summed E-state index contributed by atoms with van der Waals surface area (Å²) in [6.45, 7) is 1.09. The number of anilines is 2. The third-order valence-corrected chi connectivity index (χ3v) is 4.48. The molecule has 8 heteroatoms. The minimum Gasteiger partial charge on any atom is -0.336 e. The normalized spacial score (nSPS) is 20.8. The van der Waals surface area contributed by atoms with Gasteiger partial charge >= 0.3 is 12.1 Å². The number of alkyl halides is 1. The van der Waals surface area contributed by atoms with Crippen LogP contribution in [0.15, 0.2) is 18.2 Å². The minimum atomic E-state index is -0.534. The summed E-state index contributed by atoms with van der Waals surface area (Å²) in [5.74, 6) is 0. The third kappa shape index (κ3) is 3.19. The van der Waals surface area contributed by atoms with E-state index in [-0.39, 0.29) is 18.1 Å². The van der Waals surface area contributed by atoms with Crippen LogP contribution in [-0.2, 0) is 0 Å². The fourth-order valence-corrected chi connectivity index (χ4v) is 3.18. The Hall–Kier alpha value is -2.02. The van der Waals surface area contributed by atoms with Gasteiger partial charge in [0.25, 0.3) is 0 Å². The van der Waals surface area contributed by atoms with Gasteiger partial charge in [0.2, 0.25) is 0 Å². The van der Waals surface area contributed by atoms with E-state index < -0.39 is 6.67 Å². The van der Waals surface area contributed by atoms with Crippen LogP contribution in [0.1, 0.15) is 12.8 Å². The van der Waals surface area contributed by atoms with Crippen molar-refractivity contribution in [2.45, 2.75) is 18.9 Å². The van der Waals surface area contributed by atoms with E-state index in [2.05, 4.69) is 10.6 Å². The standard InChI is InChI=1S/C15H18ClFN4O2/c16-12-4-3-10(8-13(12)21-7-5-18-14(21)22)19-15(23)20-6-1-2-11(20)9-17/h3-4,8,11H,1-2,5-7,9H2,(H,18,22)(H,19,23)/t11-/m0/s1. The fraction of sp³-hybridized carbons (Fsp3) is 0.467. The zero-order chi connectivity index (χ0) is 16.4. The number of carbonyl (C=O) groups is 2. The van der Waals surface area contributed by atoms with Gasteiger partial charge in [-0.2, -0.15) is 0 Å². The second kappa shape index (κ2) is 6.62. The Morgan fingerprint density at radius 3 is 2.96 bits per heavy atom. The van der Waals surface area contributed by atoms with E-state index in [9.17, 15) is 14.0 Å². The summed E-state index contributed by atoms with van der Waals surface area (Å²) in [7, 11) is 0. The van der Waals surface area contributed by atoms with Gasteiger partial charge in [-0.25, -0.2) is 14.0 Å². The molecule has 0 spiro atoms. The predicted octanol–water partition coefficient (Wildman–Crippen LogP) is 2.84. The minimum absolute atomic E-state index is 0.215. The molecule has 0 radical (unpaired) electrons. The average Bonchev–Trinajstić information content (AvgIpc) is 3.17. The molecule has 23 heavy (non-hydrogen) atoms. The Bertz CT molecular complexity index is 627. The lowest BCUT2D eigenvalue weighted by atomic mass is 10.2. The van der Waals surface area contributed by atoms with Crippen molar-refractivity contribution >= 4 is 35.0 Å². The SMILES string of the molecule is O=C1NCCN1c1cc(NC(=O)N2CCC[C@H]2CF)ccc1Cl. The molecule has 1 aromatic rings. The largest absolute Gasteiger partial charge is 0.336 e. The van der Waals surface area contributed by atoms with Crippen LogP contribution in [0.2, 0.25) is 5.02 Å². The molecule has 0 aliphatic carbocycles. The molecule has 124 valence electrons. The number of hydrogen-bond donors (Lipinski definition) is 2. The molecule has 2 heterocycles. The smallest absolute Gasteiger partial charge is 0.322 e. The van der Waals surface area contributed by atoms with Crippen LogP contribution in [0, 0.1) is 0 Å². The van der Waals surface area contributed by atoms with Gasteiger partial charge in [-0.05, 0) is 31.0 Å². The number of amides is 4. The zero-order valence-electron chi connectivity index (χ0n) is 12.5. The maximum atomic E-state index is 12.9. The van der Waals surface area contributed by atoms with Crippen molar-refractivity contribution in [3.63, 3.8) is 0 Å². The van der Waals surface area contributed by atoms with Crippen molar-refractivity contribution in [3.8, 4) is 0 Å². The lowest BCUT2D eigenvalue weighted by Crippen LogP contribution is -2.39. The van der Waals surface area contributed by atoms with E-state index in [1.165, 1.54) is 9.80 Å². The molecule has 2 fully saturated rings. The second-order valence-corrected chi connectivity index (χ2v) is 6.03. The average molecular weight is 341 g/mol. The summed E-state index contributed by atoms with van der Waals surface area (Å²) in [5.41, 5.74) is 1.07. The van der Waals surface area contributed by atoms with Gasteiger partial charge in [0.15, 0.2) is 0 Å². The number of likely N-dealkylation sites (tertiary alicyclic amines) is 1. The number of hydrogen-bond acceptors (Lipinski definition) is 2. The quantitative estimate of drug-likeness (QED) is 0.888. The molecule has 1 atom stereocenters. The van der Waals surface area contributed by atoms with Crippen molar-refractivity contribution in [1.29, 1.82) is 0 Å². The highest BCUT2D eigenvalue weighted by atomic mass is 35.5. The maximum Gasteiger partial charge on any atom is 0.322 e. The summed E-state index contributed by atoms with van der Waals surface area (Å²) in [6.07, 6.45) is 1.49. The van der Waals surface area contributed by atoms with Gasteiger partial charge < -0.3 is 15.5 Å². The summed E-state index contributed by atoms with van der Waals surface area (Å²) in [5, 5.41) is 5.90. The molecule has 0 saturated carbocycles. The van der Waals surface area contributed by atoms with Crippen molar-refractivity contribution < 1.29 is 14.0 Å². The summed E-state index contributed by atoms with van der Waals surface area (Å²) >= 11 is 6.16. The monoisotopic (exact) mass is 340 g/mol. The number of nitrogens with zero attached hydrogens (tertiary/aromatic N) is 2. The molecule has 2 N–H and O–H groups in total. The molecule has 0 aromatic heterocycles. The van der Waals surface area contributed by atoms with Gasteiger partial charge in [0.05, 0.1) is 16.8 Å². The van der Waals surface area contributed by atoms with Crippen LogP contribution in [0.4, 0.5) is 25.4 Å². The summed E-state index contributed by atoms with van der Waals surface area (Å²) < 4.78 is 12.9. The molecular weight excluding hydrogens is 323 g/mol. The van der Waals surface area contributed by atoms with Gasteiger partial charge in [-0.3, -0.25) is 4.90 Å². The number of urea groups is 2. The molecule has 2 aliphatic heterocycles. The first-order chi connectivity index (χ1) is 11.1. The molecular formula is C15H18ClFN4O2. The maximum absolute atomic E-state index is 12.9. The molecule has 2 saturated heterocycles. The molecule has 3 rings (SSSR count). The van der Waals surface area contributed by atoms with E-state index in [0.29, 0.717) is 42.5 Å². The highest BCUT2D eigenvalue weighted by molar-refractivity contribution is 6.34. The number of carbonyl (C=O) groups excluding carboxylic acids is 2. The number of rotatable bonds is 3. The van der Waals surface area contributed by atoms with Gasteiger partial charge in [-0.15, -0.1) is 0 Å². The van der Waals surface area contributed by atoms with E-state index >= 15 is 0 Å². The van der Waals surface area contributed by atoms with Gasteiger partial charge in [0, 0.05) is 25.3 Å². The molecule has 0 bridgehead atoms. The van der Waals surface area contributed by atoms with Crippen molar-refractivity contribution in [1.82, 2.24) is 10.2 Å². The third-order valence-electron chi connectivity index (χ3n) is 4.16. The Morgan fingerprint density at radius 2 is 2.26 bits per heavy atom. The Morgan fingerprint density at radius 1 is 1.43 bits per heavy atom. The summed E-state index contributed by atoms with van der Waals surface area (Å²) in [4.78, 5) is 27.1. The first-order valence-electron chi connectivity index (χ1n) is 7.58. The molecule has 1 aromatic carbocycles. The Balaban J connectivity index is 1.76. The van der Waals surface area contributed by atoms with Gasteiger partial charge in [0.1, 0.15) is 6.67 Å².